The molecule has 0 bridgehead atoms. The molecule has 1 fully saturated rings. The van der Waals surface area contributed by atoms with Crippen molar-refractivity contribution in [2.75, 3.05) is 27.2 Å². The summed E-state index contributed by atoms with van der Waals surface area (Å²) in [5.74, 6) is -0.258. The maximum atomic E-state index is 11.9. The second kappa shape index (κ2) is 7.56. The number of carbonyl (C=O) groups is 1. The standard InChI is InChI=1S/C16H34N4O/c1-12(2)18-16(4,15(17)21)10-13(3)20-9-7-8-14(20)11-19(5)6/h12-14,18H,7-11H2,1-6H3,(H2,17,21). The Labute approximate surface area is 130 Å². The van der Waals surface area contributed by atoms with E-state index in [1.807, 2.05) is 6.92 Å². The number of amides is 1. The van der Waals surface area contributed by atoms with Gasteiger partial charge < -0.3 is 16.0 Å². The number of likely N-dealkylation sites (tertiary alicyclic amines) is 1. The highest BCUT2D eigenvalue weighted by Crippen LogP contribution is 2.25. The monoisotopic (exact) mass is 298 g/mol. The molecule has 124 valence electrons. The van der Waals surface area contributed by atoms with Crippen LogP contribution in [0.15, 0.2) is 0 Å². The predicted molar refractivity (Wildman–Crippen MR) is 88.2 cm³/mol. The number of nitrogens with zero attached hydrogens (tertiary/aromatic N) is 2. The maximum Gasteiger partial charge on any atom is 0.237 e. The van der Waals surface area contributed by atoms with Crippen LogP contribution < -0.4 is 11.1 Å². The molecule has 0 radical (unpaired) electrons. The first-order chi connectivity index (χ1) is 9.65. The van der Waals surface area contributed by atoms with Crippen LogP contribution in [0, 0.1) is 0 Å². The first-order valence-corrected chi connectivity index (χ1v) is 8.14. The van der Waals surface area contributed by atoms with Crippen molar-refractivity contribution in [3.8, 4) is 0 Å². The van der Waals surface area contributed by atoms with E-state index in [1.165, 1.54) is 12.8 Å². The number of primary amides is 1. The van der Waals surface area contributed by atoms with Crippen LogP contribution in [0.25, 0.3) is 0 Å². The summed E-state index contributed by atoms with van der Waals surface area (Å²) in [5.41, 5.74) is 5.01. The van der Waals surface area contributed by atoms with Crippen LogP contribution in [0.5, 0.6) is 0 Å². The van der Waals surface area contributed by atoms with E-state index < -0.39 is 5.54 Å². The Hall–Kier alpha value is -0.650. The number of nitrogens with two attached hydrogens (primary N) is 1. The SMILES string of the molecule is CC(C)NC(C)(CC(C)N1CCCC1CN(C)C)C(N)=O. The van der Waals surface area contributed by atoms with Gasteiger partial charge in [-0.05, 0) is 67.6 Å². The highest BCUT2D eigenvalue weighted by atomic mass is 16.1. The molecule has 3 unspecified atom stereocenters. The van der Waals surface area contributed by atoms with Crippen molar-refractivity contribution in [1.82, 2.24) is 15.1 Å². The Morgan fingerprint density at radius 2 is 2.05 bits per heavy atom. The lowest BCUT2D eigenvalue weighted by Crippen LogP contribution is -2.58. The van der Waals surface area contributed by atoms with E-state index in [4.69, 9.17) is 5.73 Å². The van der Waals surface area contributed by atoms with Gasteiger partial charge in [-0.1, -0.05) is 0 Å². The Kier molecular flexibility index (Phi) is 6.63. The van der Waals surface area contributed by atoms with Gasteiger partial charge in [0.1, 0.15) is 0 Å². The lowest BCUT2D eigenvalue weighted by Gasteiger charge is -2.38. The summed E-state index contributed by atoms with van der Waals surface area (Å²) in [5, 5.41) is 3.35. The van der Waals surface area contributed by atoms with Gasteiger partial charge in [-0.3, -0.25) is 9.69 Å². The minimum atomic E-state index is -0.640. The zero-order chi connectivity index (χ0) is 16.2. The molecule has 3 N–H and O–H groups in total. The average Bonchev–Trinajstić information content (AvgIpc) is 2.74. The van der Waals surface area contributed by atoms with Crippen LogP contribution in [-0.4, -0.2) is 66.6 Å². The molecule has 0 aliphatic carbocycles. The van der Waals surface area contributed by atoms with E-state index in [9.17, 15) is 4.79 Å². The summed E-state index contributed by atoms with van der Waals surface area (Å²) in [6.07, 6.45) is 3.24. The smallest absolute Gasteiger partial charge is 0.237 e. The van der Waals surface area contributed by atoms with Crippen molar-refractivity contribution in [2.45, 2.75) is 70.6 Å². The van der Waals surface area contributed by atoms with Crippen molar-refractivity contribution in [3.63, 3.8) is 0 Å². The quantitative estimate of drug-likeness (QED) is 0.703. The molecule has 3 atom stereocenters. The number of hydrogen-bond donors (Lipinski definition) is 2. The van der Waals surface area contributed by atoms with Crippen molar-refractivity contribution in [1.29, 1.82) is 0 Å². The van der Waals surface area contributed by atoms with E-state index in [0.717, 1.165) is 19.5 Å². The largest absolute Gasteiger partial charge is 0.368 e. The number of carbonyl (C=O) groups excluding carboxylic acids is 1. The fourth-order valence-corrected chi connectivity index (χ4v) is 3.63. The van der Waals surface area contributed by atoms with Gasteiger partial charge in [-0.2, -0.15) is 0 Å². The summed E-state index contributed by atoms with van der Waals surface area (Å²) in [4.78, 5) is 16.7. The van der Waals surface area contributed by atoms with E-state index in [-0.39, 0.29) is 11.9 Å². The second-order valence-electron chi connectivity index (χ2n) is 7.34. The summed E-state index contributed by atoms with van der Waals surface area (Å²) in [6.45, 7) is 10.5. The van der Waals surface area contributed by atoms with Gasteiger partial charge >= 0.3 is 0 Å². The number of hydrogen-bond acceptors (Lipinski definition) is 4. The average molecular weight is 298 g/mol. The van der Waals surface area contributed by atoms with Crippen LogP contribution in [0.3, 0.4) is 0 Å². The normalized spacial score (nSPS) is 24.5. The predicted octanol–water partition coefficient (Wildman–Crippen LogP) is 1.03. The molecule has 5 nitrogen and oxygen atoms in total. The van der Waals surface area contributed by atoms with Gasteiger partial charge in [0.2, 0.25) is 5.91 Å². The third-order valence-electron chi connectivity index (χ3n) is 4.42. The summed E-state index contributed by atoms with van der Waals surface area (Å²) in [7, 11) is 4.24. The highest BCUT2D eigenvalue weighted by Gasteiger charge is 2.37. The van der Waals surface area contributed by atoms with Crippen LogP contribution >= 0.6 is 0 Å². The number of likely N-dealkylation sites (N-methyl/N-ethyl adjacent to an activating group) is 1. The van der Waals surface area contributed by atoms with Gasteiger partial charge in [-0.25, -0.2) is 0 Å². The minimum Gasteiger partial charge on any atom is -0.368 e. The molecule has 5 heteroatoms. The van der Waals surface area contributed by atoms with Crippen molar-refractivity contribution < 1.29 is 4.79 Å². The van der Waals surface area contributed by atoms with Crippen molar-refractivity contribution in [2.24, 2.45) is 5.73 Å². The van der Waals surface area contributed by atoms with Gasteiger partial charge in [0.25, 0.3) is 0 Å². The van der Waals surface area contributed by atoms with Crippen LogP contribution in [-0.2, 0) is 4.79 Å². The minimum absolute atomic E-state index is 0.242. The van der Waals surface area contributed by atoms with Gasteiger partial charge in [0.15, 0.2) is 0 Å². The molecular formula is C16H34N4O. The molecule has 1 heterocycles. The van der Waals surface area contributed by atoms with E-state index in [0.29, 0.717) is 12.1 Å². The highest BCUT2D eigenvalue weighted by molar-refractivity contribution is 5.84. The zero-order valence-corrected chi connectivity index (χ0v) is 14.6. The molecule has 0 saturated carbocycles. The fraction of sp³-hybridized carbons (Fsp3) is 0.938. The molecule has 21 heavy (non-hydrogen) atoms. The van der Waals surface area contributed by atoms with Gasteiger partial charge in [0.05, 0.1) is 5.54 Å². The van der Waals surface area contributed by atoms with Crippen molar-refractivity contribution in [3.05, 3.63) is 0 Å². The van der Waals surface area contributed by atoms with Crippen molar-refractivity contribution >= 4 is 5.91 Å². The molecular weight excluding hydrogens is 264 g/mol. The molecule has 0 aromatic carbocycles. The molecule has 1 aliphatic rings. The van der Waals surface area contributed by atoms with Crippen LogP contribution in [0.4, 0.5) is 0 Å². The van der Waals surface area contributed by atoms with Gasteiger partial charge in [0, 0.05) is 24.7 Å². The van der Waals surface area contributed by atoms with E-state index in [1.54, 1.807) is 0 Å². The molecule has 1 amide bonds. The lowest BCUT2D eigenvalue weighted by atomic mass is 9.91. The molecule has 0 spiro atoms. The maximum absolute atomic E-state index is 11.9. The van der Waals surface area contributed by atoms with Crippen LogP contribution in [0.1, 0.15) is 47.0 Å². The topological polar surface area (TPSA) is 61.6 Å². The molecule has 1 aliphatic heterocycles. The zero-order valence-electron chi connectivity index (χ0n) is 14.6. The Bertz CT molecular complexity index is 345. The molecule has 0 aromatic rings. The third kappa shape index (κ3) is 5.24. The number of rotatable bonds is 8. The fourth-order valence-electron chi connectivity index (χ4n) is 3.63. The summed E-state index contributed by atoms with van der Waals surface area (Å²) < 4.78 is 0. The first kappa shape index (κ1) is 18.4. The van der Waals surface area contributed by atoms with E-state index >= 15 is 0 Å². The summed E-state index contributed by atoms with van der Waals surface area (Å²) >= 11 is 0. The summed E-state index contributed by atoms with van der Waals surface area (Å²) in [6, 6.07) is 1.18. The van der Waals surface area contributed by atoms with Gasteiger partial charge in [-0.15, -0.1) is 0 Å². The van der Waals surface area contributed by atoms with Crippen LogP contribution in [0.2, 0.25) is 0 Å². The second-order valence-corrected chi connectivity index (χ2v) is 7.34. The third-order valence-corrected chi connectivity index (χ3v) is 4.42. The molecule has 1 saturated heterocycles. The Balaban J connectivity index is 2.72. The Morgan fingerprint density at radius 1 is 1.43 bits per heavy atom. The first-order valence-electron chi connectivity index (χ1n) is 8.14. The number of nitrogens with one attached hydrogen (secondary N) is 1. The molecule has 0 aromatic heterocycles. The lowest BCUT2D eigenvalue weighted by molar-refractivity contribution is -0.125. The molecule has 1 rings (SSSR count). The Morgan fingerprint density at radius 3 is 2.52 bits per heavy atom. The van der Waals surface area contributed by atoms with E-state index in [2.05, 4.69) is 50.0 Å².